The second-order valence-corrected chi connectivity index (χ2v) is 7.85. The van der Waals surface area contributed by atoms with Crippen molar-refractivity contribution in [1.82, 2.24) is 0 Å². The maximum Gasteiger partial charge on any atom is 0.157 e. The summed E-state index contributed by atoms with van der Waals surface area (Å²) in [5.41, 5.74) is 3.14. The lowest BCUT2D eigenvalue weighted by atomic mass is 9.96. The molecular weight excluding hydrogens is 368 g/mol. The highest BCUT2D eigenvalue weighted by molar-refractivity contribution is 9.10. The molecule has 1 aromatic carbocycles. The van der Waals surface area contributed by atoms with E-state index in [4.69, 9.17) is 9.47 Å². The van der Waals surface area contributed by atoms with Gasteiger partial charge in [-0.3, -0.25) is 0 Å². The van der Waals surface area contributed by atoms with Crippen molar-refractivity contribution in [1.29, 1.82) is 5.26 Å². The van der Waals surface area contributed by atoms with E-state index in [-0.39, 0.29) is 12.3 Å². The maximum atomic E-state index is 9.27. The summed E-state index contributed by atoms with van der Waals surface area (Å²) < 4.78 is 12.8. The fraction of sp³-hybridized carbons (Fsp3) is 0.632. The average Bonchev–Trinajstić information content (AvgIpc) is 2.87. The lowest BCUT2D eigenvalue weighted by Crippen LogP contribution is -2.43. The molecule has 4 nitrogen and oxygen atoms in total. The van der Waals surface area contributed by atoms with Crippen LogP contribution in [0.2, 0.25) is 0 Å². The first-order chi connectivity index (χ1) is 11.5. The van der Waals surface area contributed by atoms with E-state index >= 15 is 0 Å². The molecule has 0 N–H and O–H groups in total. The Hall–Kier alpha value is -1.09. The Morgan fingerprint density at radius 2 is 2.21 bits per heavy atom. The normalized spacial score (nSPS) is 26.5. The number of benzene rings is 1. The molecule has 5 heteroatoms. The van der Waals surface area contributed by atoms with Gasteiger partial charge in [-0.05, 0) is 66.7 Å². The number of anilines is 1. The van der Waals surface area contributed by atoms with Gasteiger partial charge in [0.2, 0.25) is 0 Å². The highest BCUT2D eigenvalue weighted by Crippen LogP contribution is 2.46. The predicted octanol–water partition coefficient (Wildman–Crippen LogP) is 4.56. The van der Waals surface area contributed by atoms with Crippen LogP contribution in [-0.4, -0.2) is 31.6 Å². The number of rotatable bonds is 4. The third-order valence-electron chi connectivity index (χ3n) is 5.05. The van der Waals surface area contributed by atoms with Gasteiger partial charge >= 0.3 is 0 Å². The van der Waals surface area contributed by atoms with Crippen LogP contribution in [0, 0.1) is 11.3 Å². The Bertz CT molecular complexity index is 635. The third kappa shape index (κ3) is 3.33. The van der Waals surface area contributed by atoms with Gasteiger partial charge in [0.25, 0.3) is 0 Å². The summed E-state index contributed by atoms with van der Waals surface area (Å²) in [5, 5.41) is 9.27. The number of fused-ring (bicyclic) bond motifs is 1. The third-order valence-corrected chi connectivity index (χ3v) is 5.66. The van der Waals surface area contributed by atoms with E-state index < -0.39 is 0 Å². The SMILES string of the molecule is CC1c2cc(C#N)cc(Br)c2N(C(C)C)C1COC1CCCCO1. The van der Waals surface area contributed by atoms with E-state index in [9.17, 15) is 5.26 Å². The van der Waals surface area contributed by atoms with Gasteiger partial charge in [0.15, 0.2) is 6.29 Å². The van der Waals surface area contributed by atoms with Crippen molar-refractivity contribution >= 4 is 21.6 Å². The summed E-state index contributed by atoms with van der Waals surface area (Å²) in [4.78, 5) is 2.42. The van der Waals surface area contributed by atoms with Gasteiger partial charge in [0.05, 0.1) is 30.0 Å². The average molecular weight is 393 g/mol. The second kappa shape index (κ2) is 7.43. The van der Waals surface area contributed by atoms with Crippen LogP contribution in [0.5, 0.6) is 0 Å². The first-order valence-electron chi connectivity index (χ1n) is 8.78. The molecule has 3 atom stereocenters. The topological polar surface area (TPSA) is 45.5 Å². The van der Waals surface area contributed by atoms with Crippen LogP contribution in [0.25, 0.3) is 0 Å². The fourth-order valence-electron chi connectivity index (χ4n) is 3.83. The summed E-state index contributed by atoms with van der Waals surface area (Å²) in [6.45, 7) is 8.08. The monoisotopic (exact) mass is 392 g/mol. The van der Waals surface area contributed by atoms with Gasteiger partial charge in [0, 0.05) is 23.0 Å². The zero-order valence-electron chi connectivity index (χ0n) is 14.6. The Labute approximate surface area is 152 Å². The van der Waals surface area contributed by atoms with Crippen LogP contribution < -0.4 is 4.90 Å². The van der Waals surface area contributed by atoms with Crippen LogP contribution in [0.15, 0.2) is 16.6 Å². The summed E-state index contributed by atoms with van der Waals surface area (Å²) in [6.07, 6.45) is 3.23. The summed E-state index contributed by atoms with van der Waals surface area (Å²) >= 11 is 3.67. The first-order valence-corrected chi connectivity index (χ1v) is 9.57. The van der Waals surface area contributed by atoms with Crippen molar-refractivity contribution in [3.63, 3.8) is 0 Å². The quantitative estimate of drug-likeness (QED) is 0.752. The molecule has 2 aliphatic rings. The molecule has 1 saturated heterocycles. The van der Waals surface area contributed by atoms with E-state index in [0.717, 1.165) is 23.9 Å². The molecule has 3 unspecified atom stereocenters. The summed E-state index contributed by atoms with van der Waals surface area (Å²) in [7, 11) is 0. The molecule has 3 rings (SSSR count). The molecule has 1 aromatic rings. The van der Waals surface area contributed by atoms with Gasteiger partial charge in [-0.15, -0.1) is 0 Å². The molecule has 130 valence electrons. The van der Waals surface area contributed by atoms with Crippen molar-refractivity contribution in [2.24, 2.45) is 0 Å². The number of halogens is 1. The van der Waals surface area contributed by atoms with Gasteiger partial charge in [-0.1, -0.05) is 6.92 Å². The highest BCUT2D eigenvalue weighted by atomic mass is 79.9. The van der Waals surface area contributed by atoms with Crippen molar-refractivity contribution in [2.75, 3.05) is 18.1 Å². The molecule has 0 saturated carbocycles. The zero-order valence-corrected chi connectivity index (χ0v) is 16.2. The molecular formula is C19H25BrN2O2. The standard InChI is InChI=1S/C19H25BrN2O2/c1-12(2)22-17(11-24-18-6-4-5-7-23-18)13(3)15-8-14(10-21)9-16(20)19(15)22/h8-9,12-13,17-18H,4-7,11H2,1-3H3. The Morgan fingerprint density at radius 1 is 1.42 bits per heavy atom. The summed E-state index contributed by atoms with van der Waals surface area (Å²) in [5.74, 6) is 0.315. The van der Waals surface area contributed by atoms with Crippen LogP contribution >= 0.6 is 15.9 Å². The molecule has 0 radical (unpaired) electrons. The van der Waals surface area contributed by atoms with Crippen molar-refractivity contribution in [3.05, 3.63) is 27.7 Å². The van der Waals surface area contributed by atoms with E-state index in [0.29, 0.717) is 24.1 Å². The number of hydrogen-bond donors (Lipinski definition) is 0. The van der Waals surface area contributed by atoms with E-state index in [2.05, 4.69) is 47.7 Å². The minimum Gasteiger partial charge on any atom is -0.362 e. The highest BCUT2D eigenvalue weighted by Gasteiger charge is 2.39. The fourth-order valence-corrected chi connectivity index (χ4v) is 4.51. The predicted molar refractivity (Wildman–Crippen MR) is 98.2 cm³/mol. The van der Waals surface area contributed by atoms with E-state index in [1.807, 2.05) is 12.1 Å². The number of ether oxygens (including phenoxy) is 2. The van der Waals surface area contributed by atoms with Crippen LogP contribution in [0.3, 0.4) is 0 Å². The van der Waals surface area contributed by atoms with Gasteiger partial charge in [-0.25, -0.2) is 0 Å². The van der Waals surface area contributed by atoms with Crippen molar-refractivity contribution in [3.8, 4) is 6.07 Å². The second-order valence-electron chi connectivity index (χ2n) is 6.99. The van der Waals surface area contributed by atoms with E-state index in [1.165, 1.54) is 17.7 Å². The lowest BCUT2D eigenvalue weighted by molar-refractivity contribution is -0.165. The van der Waals surface area contributed by atoms with E-state index in [1.54, 1.807) is 0 Å². The Kier molecular flexibility index (Phi) is 5.49. The maximum absolute atomic E-state index is 9.27. The van der Waals surface area contributed by atoms with Gasteiger partial charge < -0.3 is 14.4 Å². The molecule has 0 aliphatic carbocycles. The largest absolute Gasteiger partial charge is 0.362 e. The molecule has 0 spiro atoms. The smallest absolute Gasteiger partial charge is 0.157 e. The minimum atomic E-state index is -0.0678. The molecule has 0 aromatic heterocycles. The Balaban J connectivity index is 1.84. The molecule has 1 fully saturated rings. The van der Waals surface area contributed by atoms with Crippen LogP contribution in [0.4, 0.5) is 5.69 Å². The molecule has 24 heavy (non-hydrogen) atoms. The molecule has 2 aliphatic heterocycles. The van der Waals surface area contributed by atoms with Crippen LogP contribution in [0.1, 0.15) is 57.1 Å². The van der Waals surface area contributed by atoms with Crippen LogP contribution in [-0.2, 0) is 9.47 Å². The molecule has 2 heterocycles. The molecule has 0 bridgehead atoms. The van der Waals surface area contributed by atoms with Crippen molar-refractivity contribution < 1.29 is 9.47 Å². The van der Waals surface area contributed by atoms with Crippen molar-refractivity contribution in [2.45, 2.75) is 64.3 Å². The zero-order chi connectivity index (χ0) is 17.3. The first kappa shape index (κ1) is 17.7. The number of nitriles is 1. The van der Waals surface area contributed by atoms with Gasteiger partial charge in [0.1, 0.15) is 0 Å². The van der Waals surface area contributed by atoms with Gasteiger partial charge in [-0.2, -0.15) is 5.26 Å². The number of nitrogens with zero attached hydrogens (tertiary/aromatic N) is 2. The minimum absolute atomic E-state index is 0.0678. The lowest BCUT2D eigenvalue weighted by Gasteiger charge is -2.34. The molecule has 0 amide bonds. The summed E-state index contributed by atoms with van der Waals surface area (Å²) in [6, 6.07) is 6.82. The Morgan fingerprint density at radius 3 is 2.83 bits per heavy atom. The number of hydrogen-bond acceptors (Lipinski definition) is 4.